The van der Waals surface area contributed by atoms with Gasteiger partial charge in [0.15, 0.2) is 4.34 Å². The van der Waals surface area contributed by atoms with E-state index in [9.17, 15) is 0 Å². The average Bonchev–Trinajstić information content (AvgIpc) is 3.05. The summed E-state index contributed by atoms with van der Waals surface area (Å²) >= 11 is 2.83. The van der Waals surface area contributed by atoms with Crippen molar-refractivity contribution < 1.29 is 0 Å². The second-order valence-corrected chi connectivity index (χ2v) is 6.63. The lowest BCUT2D eigenvalue weighted by Gasteiger charge is -2.08. The summed E-state index contributed by atoms with van der Waals surface area (Å²) in [6.07, 6.45) is 4.00. The monoisotopic (exact) mass is 305 g/mol. The third-order valence-corrected chi connectivity index (χ3v) is 5.05. The fraction of sp³-hybridized carbons (Fsp3) is 0.385. The van der Waals surface area contributed by atoms with Gasteiger partial charge in [0.1, 0.15) is 16.7 Å². The van der Waals surface area contributed by atoms with Gasteiger partial charge in [-0.2, -0.15) is 4.37 Å². The van der Waals surface area contributed by atoms with Crippen LogP contribution in [0.3, 0.4) is 0 Å². The third kappa shape index (κ3) is 2.55. The fourth-order valence-corrected chi connectivity index (χ4v) is 3.98. The normalized spacial score (nSPS) is 13.4. The molecule has 104 valence electrons. The standard InChI is InChI=1S/C13H15N5S2/c1-2-10-17-13(20-18-10)19-12-8(11(14)15)6-7-4-3-5-9(7)16-12/h6H,2-5H2,1H3,(H3,14,15). The van der Waals surface area contributed by atoms with Crippen molar-refractivity contribution >= 4 is 29.1 Å². The molecule has 20 heavy (non-hydrogen) atoms. The molecule has 0 aliphatic heterocycles. The highest BCUT2D eigenvalue weighted by atomic mass is 32.2. The molecule has 0 saturated carbocycles. The van der Waals surface area contributed by atoms with E-state index in [1.54, 1.807) is 0 Å². The van der Waals surface area contributed by atoms with Gasteiger partial charge in [0.25, 0.3) is 0 Å². The van der Waals surface area contributed by atoms with Crippen LogP contribution in [0.4, 0.5) is 0 Å². The van der Waals surface area contributed by atoms with E-state index >= 15 is 0 Å². The van der Waals surface area contributed by atoms with Gasteiger partial charge in [-0.1, -0.05) is 6.92 Å². The van der Waals surface area contributed by atoms with Crippen LogP contribution in [0.1, 0.15) is 36.0 Å². The van der Waals surface area contributed by atoms with Crippen LogP contribution in [0.15, 0.2) is 15.4 Å². The third-order valence-electron chi connectivity index (χ3n) is 3.26. The van der Waals surface area contributed by atoms with Gasteiger partial charge in [0.05, 0.1) is 0 Å². The number of fused-ring (bicyclic) bond motifs is 1. The van der Waals surface area contributed by atoms with Crippen LogP contribution >= 0.6 is 23.3 Å². The lowest BCUT2D eigenvalue weighted by Crippen LogP contribution is -2.14. The minimum Gasteiger partial charge on any atom is -0.384 e. The molecule has 3 N–H and O–H groups in total. The molecule has 0 atom stereocenters. The molecule has 0 bridgehead atoms. The van der Waals surface area contributed by atoms with Crippen LogP contribution in [0.5, 0.6) is 0 Å². The zero-order chi connectivity index (χ0) is 14.1. The maximum Gasteiger partial charge on any atom is 0.176 e. The minimum atomic E-state index is 0.0648. The SMILES string of the molecule is CCc1nsc(Sc2nc3c(cc2C(=N)N)CCC3)n1. The van der Waals surface area contributed by atoms with Crippen molar-refractivity contribution in [1.29, 1.82) is 5.41 Å². The Labute approximate surface area is 125 Å². The molecule has 7 heteroatoms. The highest BCUT2D eigenvalue weighted by Gasteiger charge is 2.19. The highest BCUT2D eigenvalue weighted by molar-refractivity contribution is 8.01. The molecule has 0 amide bonds. The van der Waals surface area contributed by atoms with E-state index in [0.717, 1.165) is 46.6 Å². The Hall–Kier alpha value is -1.47. The number of hydrogen-bond donors (Lipinski definition) is 2. The lowest BCUT2D eigenvalue weighted by atomic mass is 10.1. The van der Waals surface area contributed by atoms with Crippen molar-refractivity contribution in [3.63, 3.8) is 0 Å². The van der Waals surface area contributed by atoms with E-state index in [4.69, 9.17) is 11.1 Å². The van der Waals surface area contributed by atoms with Crippen LogP contribution < -0.4 is 5.73 Å². The molecule has 1 aliphatic carbocycles. The molecule has 2 aromatic heterocycles. The summed E-state index contributed by atoms with van der Waals surface area (Å²) < 4.78 is 5.13. The van der Waals surface area contributed by atoms with Gasteiger partial charge in [0, 0.05) is 17.7 Å². The summed E-state index contributed by atoms with van der Waals surface area (Å²) in [6.45, 7) is 2.03. The smallest absolute Gasteiger partial charge is 0.176 e. The van der Waals surface area contributed by atoms with Gasteiger partial charge in [-0.25, -0.2) is 9.97 Å². The molecule has 0 saturated heterocycles. The molecular weight excluding hydrogens is 290 g/mol. The van der Waals surface area contributed by atoms with Gasteiger partial charge in [-0.3, -0.25) is 5.41 Å². The Bertz CT molecular complexity index is 665. The molecule has 0 radical (unpaired) electrons. The summed E-state index contributed by atoms with van der Waals surface area (Å²) in [5, 5.41) is 8.51. The van der Waals surface area contributed by atoms with Gasteiger partial charge < -0.3 is 5.73 Å². The second kappa shape index (κ2) is 5.49. The average molecular weight is 305 g/mol. The predicted octanol–water partition coefficient (Wildman–Crippen LogP) is 2.42. The van der Waals surface area contributed by atoms with Crippen LogP contribution in [0.25, 0.3) is 0 Å². The van der Waals surface area contributed by atoms with Gasteiger partial charge >= 0.3 is 0 Å². The molecule has 0 unspecified atom stereocenters. The molecule has 2 heterocycles. The molecule has 0 fully saturated rings. The largest absolute Gasteiger partial charge is 0.384 e. The lowest BCUT2D eigenvalue weighted by molar-refractivity contribution is 0.891. The van der Waals surface area contributed by atoms with Gasteiger partial charge in [0.2, 0.25) is 0 Å². The Morgan fingerprint density at radius 3 is 3.00 bits per heavy atom. The molecule has 2 aromatic rings. The van der Waals surface area contributed by atoms with E-state index in [-0.39, 0.29) is 5.84 Å². The summed E-state index contributed by atoms with van der Waals surface area (Å²) in [5.41, 5.74) is 8.77. The Balaban J connectivity index is 1.97. The van der Waals surface area contributed by atoms with E-state index in [2.05, 4.69) is 14.3 Å². The zero-order valence-corrected chi connectivity index (χ0v) is 12.8. The van der Waals surface area contributed by atoms with Crippen LogP contribution in [-0.2, 0) is 19.3 Å². The van der Waals surface area contributed by atoms with E-state index in [1.807, 2.05) is 13.0 Å². The summed E-state index contributed by atoms with van der Waals surface area (Å²) in [4.78, 5) is 9.12. The first-order valence-corrected chi connectivity index (χ1v) is 8.14. The molecular formula is C13H15N5S2. The number of rotatable bonds is 4. The van der Waals surface area contributed by atoms with E-state index in [0.29, 0.717) is 5.56 Å². The number of nitrogens with one attached hydrogen (secondary N) is 1. The molecule has 3 rings (SSSR count). The van der Waals surface area contributed by atoms with Gasteiger partial charge in [-0.05, 0) is 54.2 Å². The number of nitrogen functional groups attached to an aromatic ring is 1. The van der Waals surface area contributed by atoms with Gasteiger partial charge in [-0.15, -0.1) is 0 Å². The van der Waals surface area contributed by atoms with E-state index in [1.165, 1.54) is 28.9 Å². The fourth-order valence-electron chi connectivity index (χ4n) is 2.23. The van der Waals surface area contributed by atoms with Crippen molar-refractivity contribution in [3.05, 3.63) is 28.7 Å². The van der Waals surface area contributed by atoms with Crippen molar-refractivity contribution in [2.45, 2.75) is 42.0 Å². The van der Waals surface area contributed by atoms with Crippen molar-refractivity contribution in [1.82, 2.24) is 14.3 Å². The minimum absolute atomic E-state index is 0.0648. The first-order valence-electron chi connectivity index (χ1n) is 6.55. The Kier molecular flexibility index (Phi) is 3.71. The van der Waals surface area contributed by atoms with Crippen LogP contribution in [0, 0.1) is 5.41 Å². The molecule has 5 nitrogen and oxygen atoms in total. The second-order valence-electron chi connectivity index (χ2n) is 4.65. The predicted molar refractivity (Wildman–Crippen MR) is 80.7 cm³/mol. The summed E-state index contributed by atoms with van der Waals surface area (Å²) in [6, 6.07) is 2.02. The molecule has 0 spiro atoms. The number of hydrogen-bond acceptors (Lipinski definition) is 6. The summed E-state index contributed by atoms with van der Waals surface area (Å²) in [7, 11) is 0. The highest BCUT2D eigenvalue weighted by Crippen LogP contribution is 2.33. The maximum absolute atomic E-state index is 7.74. The topological polar surface area (TPSA) is 88.5 Å². The first kappa shape index (κ1) is 13.5. The van der Waals surface area contributed by atoms with E-state index < -0.39 is 0 Å². The van der Waals surface area contributed by atoms with Crippen LogP contribution in [0.2, 0.25) is 0 Å². The maximum atomic E-state index is 7.74. The number of aryl methyl sites for hydroxylation is 3. The Morgan fingerprint density at radius 1 is 1.45 bits per heavy atom. The quantitative estimate of drug-likeness (QED) is 0.669. The molecule has 0 aromatic carbocycles. The van der Waals surface area contributed by atoms with Crippen molar-refractivity contribution in [3.8, 4) is 0 Å². The zero-order valence-electron chi connectivity index (χ0n) is 11.1. The number of nitrogens with zero attached hydrogens (tertiary/aromatic N) is 3. The number of nitrogens with two attached hydrogens (primary N) is 1. The van der Waals surface area contributed by atoms with Crippen molar-refractivity contribution in [2.75, 3.05) is 0 Å². The first-order chi connectivity index (χ1) is 9.67. The molecule has 1 aliphatic rings. The number of aromatic nitrogens is 3. The van der Waals surface area contributed by atoms with Crippen LogP contribution in [-0.4, -0.2) is 20.2 Å². The Morgan fingerprint density at radius 2 is 2.30 bits per heavy atom. The van der Waals surface area contributed by atoms with Crippen molar-refractivity contribution in [2.24, 2.45) is 5.73 Å². The number of pyridine rings is 1. The summed E-state index contributed by atoms with van der Waals surface area (Å²) in [5.74, 6) is 0.915. The number of amidine groups is 1.